The summed E-state index contributed by atoms with van der Waals surface area (Å²) in [7, 11) is 1.19. The number of ether oxygens (including phenoxy) is 3. The molecule has 0 radical (unpaired) electrons. The van der Waals surface area contributed by atoms with Crippen molar-refractivity contribution in [3.63, 3.8) is 0 Å². The first-order valence-corrected chi connectivity index (χ1v) is 17.5. The molecular weight excluding hydrogens is 689 g/mol. The summed E-state index contributed by atoms with van der Waals surface area (Å²) in [4.78, 5) is 69.7. The number of hydrogen-bond acceptors (Lipinski definition) is 10. The van der Waals surface area contributed by atoms with E-state index in [4.69, 9.17) is 14.2 Å². The van der Waals surface area contributed by atoms with E-state index in [1.54, 1.807) is 51.1 Å². The van der Waals surface area contributed by atoms with Gasteiger partial charge in [-0.2, -0.15) is 0 Å². The molecule has 0 fully saturated rings. The number of carbonyl (C=O) groups excluding carboxylic acids is 4. The van der Waals surface area contributed by atoms with Gasteiger partial charge in [-0.05, 0) is 85.7 Å². The van der Waals surface area contributed by atoms with Gasteiger partial charge in [-0.15, -0.1) is 11.3 Å². The summed E-state index contributed by atoms with van der Waals surface area (Å²) in [5, 5.41) is 20.0. The summed E-state index contributed by atoms with van der Waals surface area (Å²) in [5.74, 6) is -2.53. The number of nitrogens with one attached hydrogen (secondary N) is 3. The number of methoxy groups -OCH3 is 1. The number of esters is 1. The molecule has 3 amide bonds. The van der Waals surface area contributed by atoms with Crippen molar-refractivity contribution in [3.05, 3.63) is 87.6 Å². The lowest BCUT2D eigenvalue weighted by Gasteiger charge is -2.20. The molecule has 0 bridgehead atoms. The molecular formula is C38H40N4O9S. The van der Waals surface area contributed by atoms with Crippen LogP contribution in [0.5, 0.6) is 5.75 Å². The van der Waals surface area contributed by atoms with Gasteiger partial charge in [0, 0.05) is 52.3 Å². The molecule has 14 heteroatoms. The molecule has 4 aromatic rings. The number of alkyl carbamates (subject to hydrolysis) is 1. The van der Waals surface area contributed by atoms with Crippen LogP contribution in [0.2, 0.25) is 0 Å². The van der Waals surface area contributed by atoms with Crippen LogP contribution in [0.4, 0.5) is 10.5 Å². The number of anilines is 1. The van der Waals surface area contributed by atoms with Crippen LogP contribution in [0.25, 0.3) is 21.6 Å². The lowest BCUT2D eigenvalue weighted by atomic mass is 9.93. The summed E-state index contributed by atoms with van der Waals surface area (Å²) < 4.78 is 16.5. The van der Waals surface area contributed by atoms with Gasteiger partial charge in [0.05, 0.1) is 20.1 Å². The Morgan fingerprint density at radius 2 is 1.75 bits per heavy atom. The molecule has 1 aliphatic rings. The molecule has 0 saturated carbocycles. The van der Waals surface area contributed by atoms with Crippen molar-refractivity contribution in [2.75, 3.05) is 25.6 Å². The van der Waals surface area contributed by atoms with E-state index in [9.17, 15) is 29.1 Å². The zero-order chi connectivity index (χ0) is 37.6. The number of benzene rings is 2. The first kappa shape index (κ1) is 37.5. The highest BCUT2D eigenvalue weighted by molar-refractivity contribution is 7.13. The Morgan fingerprint density at radius 1 is 0.962 bits per heavy atom. The van der Waals surface area contributed by atoms with Crippen LogP contribution < -0.4 is 20.7 Å². The van der Waals surface area contributed by atoms with Gasteiger partial charge < -0.3 is 35.3 Å². The number of thiophene rings is 1. The quantitative estimate of drug-likeness (QED) is 0.129. The molecule has 3 heterocycles. The summed E-state index contributed by atoms with van der Waals surface area (Å²) in [6.07, 6.45) is 0.299. The average molecular weight is 729 g/mol. The number of aromatic nitrogens is 1. The number of carboxylic acids is 1. The first-order chi connectivity index (χ1) is 24.8. The Hall–Kier alpha value is -5.76. The number of pyridine rings is 1. The van der Waals surface area contributed by atoms with Gasteiger partial charge in [0.15, 0.2) is 5.69 Å². The molecule has 1 aliphatic heterocycles. The van der Waals surface area contributed by atoms with Gasteiger partial charge >= 0.3 is 18.0 Å². The van der Waals surface area contributed by atoms with Crippen molar-refractivity contribution in [2.45, 2.75) is 59.1 Å². The Labute approximate surface area is 304 Å². The van der Waals surface area contributed by atoms with E-state index in [0.717, 1.165) is 10.4 Å². The molecule has 4 N–H and O–H groups in total. The van der Waals surface area contributed by atoms with Gasteiger partial charge in [-0.25, -0.2) is 14.6 Å². The molecule has 2 aromatic heterocycles. The van der Waals surface area contributed by atoms with Crippen molar-refractivity contribution in [1.82, 2.24) is 15.6 Å². The fourth-order valence-corrected chi connectivity index (χ4v) is 6.55. The highest BCUT2D eigenvalue weighted by Gasteiger charge is 2.27. The van der Waals surface area contributed by atoms with Crippen LogP contribution in [0.1, 0.15) is 82.1 Å². The Balaban J connectivity index is 1.59. The van der Waals surface area contributed by atoms with E-state index in [-0.39, 0.29) is 40.3 Å². The smallest absolute Gasteiger partial charge is 0.407 e. The molecule has 0 atom stereocenters. The number of aliphatic carboxylic acids is 1. The number of carbonyl (C=O) groups is 5. The topological polar surface area (TPSA) is 182 Å². The maximum absolute atomic E-state index is 14.4. The maximum Gasteiger partial charge on any atom is 0.407 e. The third-order valence-electron chi connectivity index (χ3n) is 7.91. The highest BCUT2D eigenvalue weighted by atomic mass is 32.1. The van der Waals surface area contributed by atoms with Crippen molar-refractivity contribution < 1.29 is 43.3 Å². The van der Waals surface area contributed by atoms with Crippen LogP contribution in [-0.4, -0.2) is 65.8 Å². The van der Waals surface area contributed by atoms with Gasteiger partial charge in [0.1, 0.15) is 17.0 Å². The van der Waals surface area contributed by atoms with Crippen LogP contribution in [0.15, 0.2) is 53.9 Å². The van der Waals surface area contributed by atoms with E-state index in [0.29, 0.717) is 48.4 Å². The van der Waals surface area contributed by atoms with Gasteiger partial charge in [0.2, 0.25) is 0 Å². The second-order valence-electron chi connectivity index (χ2n) is 13.0. The Kier molecular flexibility index (Phi) is 11.6. The predicted molar refractivity (Wildman–Crippen MR) is 195 cm³/mol. The van der Waals surface area contributed by atoms with E-state index in [2.05, 4.69) is 20.9 Å². The minimum absolute atomic E-state index is 0.00241. The summed E-state index contributed by atoms with van der Waals surface area (Å²) in [6.45, 7) is 7.99. The minimum Gasteiger partial charge on any atom is -0.493 e. The molecule has 52 heavy (non-hydrogen) atoms. The second kappa shape index (κ2) is 16.1. The number of nitrogens with zero attached hydrogens (tertiary/aromatic N) is 1. The molecule has 0 unspecified atom stereocenters. The standard InChI is InChI=1S/C38H40N4O9S/c1-6-13-39-35(46)29-10-8-24(32(41-29)36(47)49-5)25-19-30-27(33-22(11-14-50-30)12-15-52-33)18-26(25)34(45)42-28-9-7-21(16-23(28)17-31(43)44)20-40-37(48)51-38(2,3)4/h7-10,12,15-16,18-19H,6,11,13-14,17,20H2,1-5H3,(H,39,46)(H,40,48)(H,42,45)(H,43,44). The molecule has 13 nitrogen and oxygen atoms in total. The Morgan fingerprint density at radius 3 is 2.46 bits per heavy atom. The van der Waals surface area contributed by atoms with Gasteiger partial charge in [-0.3, -0.25) is 14.4 Å². The lowest BCUT2D eigenvalue weighted by molar-refractivity contribution is -0.136. The van der Waals surface area contributed by atoms with Crippen molar-refractivity contribution in [3.8, 4) is 27.3 Å². The summed E-state index contributed by atoms with van der Waals surface area (Å²) in [6, 6.07) is 13.2. The van der Waals surface area contributed by atoms with Crippen LogP contribution in [-0.2, 0) is 33.7 Å². The molecule has 0 spiro atoms. The summed E-state index contributed by atoms with van der Waals surface area (Å²) in [5.41, 5.74) is 2.61. The minimum atomic E-state index is -1.13. The van der Waals surface area contributed by atoms with E-state index in [1.165, 1.54) is 30.6 Å². The molecule has 2 aromatic carbocycles. The van der Waals surface area contributed by atoms with Crippen molar-refractivity contribution >= 4 is 46.9 Å². The number of carboxylic acid groups (broad SMARTS) is 1. The number of hydrogen-bond donors (Lipinski definition) is 4. The van der Waals surface area contributed by atoms with Crippen LogP contribution in [0.3, 0.4) is 0 Å². The van der Waals surface area contributed by atoms with Crippen LogP contribution >= 0.6 is 11.3 Å². The van der Waals surface area contributed by atoms with Crippen molar-refractivity contribution in [1.29, 1.82) is 0 Å². The third-order valence-corrected chi connectivity index (χ3v) is 8.90. The molecule has 272 valence electrons. The Bertz CT molecular complexity index is 2030. The highest BCUT2D eigenvalue weighted by Crippen LogP contribution is 2.43. The number of rotatable bonds is 11. The monoisotopic (exact) mass is 728 g/mol. The SMILES string of the molecule is CCCNC(=O)c1ccc(-c2cc3c(cc2C(=O)Nc2ccc(CNC(=O)OC(C)(C)C)cc2CC(=O)O)-c2sccc2CCO3)c(C(=O)OC)n1. The van der Waals surface area contributed by atoms with Crippen LogP contribution in [0, 0.1) is 0 Å². The lowest BCUT2D eigenvalue weighted by Crippen LogP contribution is -2.32. The molecule has 0 saturated heterocycles. The van der Waals surface area contributed by atoms with Crippen molar-refractivity contribution in [2.24, 2.45) is 0 Å². The molecule has 0 aliphatic carbocycles. The van der Waals surface area contributed by atoms with Gasteiger partial charge in [0.25, 0.3) is 11.8 Å². The number of fused-ring (bicyclic) bond motifs is 3. The fourth-order valence-electron chi connectivity index (χ4n) is 5.58. The largest absolute Gasteiger partial charge is 0.493 e. The van der Waals surface area contributed by atoms with E-state index >= 15 is 0 Å². The van der Waals surface area contributed by atoms with E-state index < -0.39 is 41.9 Å². The zero-order valence-corrected chi connectivity index (χ0v) is 30.3. The predicted octanol–water partition coefficient (Wildman–Crippen LogP) is 6.24. The van der Waals surface area contributed by atoms with Gasteiger partial charge in [-0.1, -0.05) is 19.1 Å². The normalized spacial score (nSPS) is 11.9. The fraction of sp³-hybridized carbons (Fsp3) is 0.316. The van der Waals surface area contributed by atoms with E-state index in [1.807, 2.05) is 18.4 Å². The summed E-state index contributed by atoms with van der Waals surface area (Å²) >= 11 is 1.50. The third kappa shape index (κ3) is 8.93. The first-order valence-electron chi connectivity index (χ1n) is 16.6. The average Bonchev–Trinajstić information content (AvgIpc) is 3.50. The zero-order valence-electron chi connectivity index (χ0n) is 29.5. The number of amides is 3. The maximum atomic E-state index is 14.4. The molecule has 5 rings (SSSR count). The second-order valence-corrected chi connectivity index (χ2v) is 13.9.